The molecule has 0 atom stereocenters. The van der Waals surface area contributed by atoms with Gasteiger partial charge in [-0.25, -0.2) is 9.97 Å². The van der Waals surface area contributed by atoms with Crippen molar-refractivity contribution in [1.29, 1.82) is 5.26 Å². The lowest BCUT2D eigenvalue weighted by Crippen LogP contribution is -2.22. The molecule has 0 aliphatic carbocycles. The van der Waals surface area contributed by atoms with Crippen LogP contribution >= 0.6 is 0 Å². The molecular weight excluding hydrogens is 206 g/mol. The van der Waals surface area contributed by atoms with E-state index in [-0.39, 0.29) is 5.69 Å². The van der Waals surface area contributed by atoms with Gasteiger partial charge in [0.15, 0.2) is 0 Å². The Morgan fingerprint density at radius 3 is 2.88 bits per heavy atom. The summed E-state index contributed by atoms with van der Waals surface area (Å²) in [5.74, 6) is 0.818. The van der Waals surface area contributed by atoms with Crippen molar-refractivity contribution in [3.05, 3.63) is 18.1 Å². The largest absolute Gasteiger partial charge is 0.475 e. The Morgan fingerprint density at radius 2 is 2.12 bits per heavy atom. The summed E-state index contributed by atoms with van der Waals surface area (Å²) >= 11 is 0. The van der Waals surface area contributed by atoms with E-state index in [1.54, 1.807) is 0 Å². The van der Waals surface area contributed by atoms with Crippen molar-refractivity contribution >= 4 is 0 Å². The Morgan fingerprint density at radius 1 is 1.38 bits per heavy atom. The Balaban J connectivity index is 1.91. The minimum atomic E-state index is 0.245. The summed E-state index contributed by atoms with van der Waals surface area (Å²) in [6.07, 6.45) is 5.02. The molecule has 0 aromatic carbocycles. The molecule has 0 bridgehead atoms. The van der Waals surface area contributed by atoms with Crippen molar-refractivity contribution in [3.8, 4) is 11.9 Å². The Hall–Kier alpha value is -1.67. The first-order valence-corrected chi connectivity index (χ1v) is 5.32. The average Bonchev–Trinajstić information content (AvgIpc) is 2.38. The van der Waals surface area contributed by atoms with E-state index in [9.17, 15) is 0 Å². The first-order valence-electron chi connectivity index (χ1n) is 5.32. The van der Waals surface area contributed by atoms with Gasteiger partial charge < -0.3 is 9.47 Å². The van der Waals surface area contributed by atoms with Crippen molar-refractivity contribution in [3.63, 3.8) is 0 Å². The van der Waals surface area contributed by atoms with Crippen LogP contribution in [0.4, 0.5) is 0 Å². The molecule has 1 saturated heterocycles. The van der Waals surface area contributed by atoms with Gasteiger partial charge in [-0.15, -0.1) is 0 Å². The number of hydrogen-bond donors (Lipinski definition) is 0. The lowest BCUT2D eigenvalue weighted by Gasteiger charge is -2.21. The van der Waals surface area contributed by atoms with Gasteiger partial charge in [0, 0.05) is 25.6 Å². The molecule has 0 N–H and O–H groups in total. The summed E-state index contributed by atoms with van der Waals surface area (Å²) < 4.78 is 10.8. The molecule has 1 aliphatic heterocycles. The van der Waals surface area contributed by atoms with Gasteiger partial charge >= 0.3 is 0 Å². The van der Waals surface area contributed by atoms with Crippen molar-refractivity contribution < 1.29 is 9.47 Å². The van der Waals surface area contributed by atoms with E-state index in [2.05, 4.69) is 9.97 Å². The fourth-order valence-corrected chi connectivity index (χ4v) is 1.62. The fourth-order valence-electron chi connectivity index (χ4n) is 1.62. The number of rotatable bonds is 3. The van der Waals surface area contributed by atoms with Gasteiger partial charge in [-0.1, -0.05) is 0 Å². The van der Waals surface area contributed by atoms with Crippen molar-refractivity contribution in [2.24, 2.45) is 5.92 Å². The highest BCUT2D eigenvalue weighted by Crippen LogP contribution is 2.17. The molecule has 0 radical (unpaired) electrons. The summed E-state index contributed by atoms with van der Waals surface area (Å²) in [6, 6.07) is 1.96. The number of nitriles is 1. The number of ether oxygens (including phenoxy) is 2. The van der Waals surface area contributed by atoms with E-state index in [4.69, 9.17) is 14.7 Å². The highest BCUT2D eigenvalue weighted by Gasteiger charge is 2.15. The predicted octanol–water partition coefficient (Wildman–Crippen LogP) is 1.15. The lowest BCUT2D eigenvalue weighted by atomic mass is 10.0. The maximum absolute atomic E-state index is 8.80. The van der Waals surface area contributed by atoms with E-state index in [0.29, 0.717) is 18.4 Å². The van der Waals surface area contributed by atoms with Crippen molar-refractivity contribution in [2.75, 3.05) is 19.8 Å². The molecule has 0 amide bonds. The molecule has 5 nitrogen and oxygen atoms in total. The summed E-state index contributed by atoms with van der Waals surface area (Å²) in [5, 5.41) is 8.80. The molecule has 2 heterocycles. The first-order chi connectivity index (χ1) is 7.90. The normalized spacial score (nSPS) is 16.7. The molecule has 2 rings (SSSR count). The van der Waals surface area contributed by atoms with Gasteiger partial charge in [0.2, 0.25) is 5.69 Å². The van der Waals surface area contributed by atoms with Gasteiger partial charge in [0.05, 0.1) is 6.61 Å². The minimum absolute atomic E-state index is 0.245. The Kier molecular flexibility index (Phi) is 3.67. The maximum Gasteiger partial charge on any atom is 0.251 e. The van der Waals surface area contributed by atoms with Gasteiger partial charge in [-0.05, 0) is 18.8 Å². The summed E-state index contributed by atoms with van der Waals surface area (Å²) in [5.41, 5.74) is 0.245. The number of hydrogen-bond acceptors (Lipinski definition) is 5. The van der Waals surface area contributed by atoms with Crippen LogP contribution in [0.3, 0.4) is 0 Å². The van der Waals surface area contributed by atoms with Crippen LogP contribution in [-0.2, 0) is 4.74 Å². The summed E-state index contributed by atoms with van der Waals surface area (Å²) in [4.78, 5) is 7.88. The van der Waals surface area contributed by atoms with Gasteiger partial charge in [0.25, 0.3) is 5.88 Å². The van der Waals surface area contributed by atoms with Crippen molar-refractivity contribution in [2.45, 2.75) is 12.8 Å². The van der Waals surface area contributed by atoms with E-state index < -0.39 is 0 Å². The molecular formula is C11H13N3O2. The van der Waals surface area contributed by atoms with Crippen LogP contribution in [0.15, 0.2) is 12.4 Å². The molecule has 5 heteroatoms. The molecule has 84 valence electrons. The van der Waals surface area contributed by atoms with Gasteiger partial charge in [-0.3, -0.25) is 0 Å². The third-order valence-corrected chi connectivity index (χ3v) is 2.57. The standard InChI is InChI=1S/C11H13N3O2/c12-7-10-11(14-4-3-13-10)16-8-9-1-5-15-6-2-9/h3-4,9H,1-2,5-6,8H2. The topological polar surface area (TPSA) is 68.0 Å². The molecule has 1 aromatic heterocycles. The highest BCUT2D eigenvalue weighted by molar-refractivity contribution is 5.29. The van der Waals surface area contributed by atoms with Crippen LogP contribution in [0.5, 0.6) is 5.88 Å². The Labute approximate surface area is 94.0 Å². The second kappa shape index (κ2) is 5.42. The van der Waals surface area contributed by atoms with Crippen LogP contribution in [0.25, 0.3) is 0 Å². The van der Waals surface area contributed by atoms with E-state index >= 15 is 0 Å². The zero-order chi connectivity index (χ0) is 11.2. The zero-order valence-electron chi connectivity index (χ0n) is 8.93. The minimum Gasteiger partial charge on any atom is -0.475 e. The summed E-state index contributed by atoms with van der Waals surface area (Å²) in [7, 11) is 0. The van der Waals surface area contributed by atoms with Gasteiger partial charge in [0.1, 0.15) is 6.07 Å². The van der Waals surface area contributed by atoms with Crippen LogP contribution in [0.2, 0.25) is 0 Å². The van der Waals surface area contributed by atoms with Crippen molar-refractivity contribution in [1.82, 2.24) is 9.97 Å². The SMILES string of the molecule is N#Cc1nccnc1OCC1CCOCC1. The van der Waals surface area contributed by atoms with Crippen LogP contribution in [-0.4, -0.2) is 29.8 Å². The van der Waals surface area contributed by atoms with E-state index in [1.807, 2.05) is 6.07 Å². The highest BCUT2D eigenvalue weighted by atomic mass is 16.5. The fraction of sp³-hybridized carbons (Fsp3) is 0.545. The van der Waals surface area contributed by atoms with E-state index in [0.717, 1.165) is 26.1 Å². The number of aromatic nitrogens is 2. The molecule has 0 unspecified atom stereocenters. The molecule has 16 heavy (non-hydrogen) atoms. The third kappa shape index (κ3) is 2.67. The molecule has 1 aliphatic rings. The quantitative estimate of drug-likeness (QED) is 0.762. The summed E-state index contributed by atoms with van der Waals surface area (Å²) in [6.45, 7) is 2.16. The monoisotopic (exact) mass is 219 g/mol. The first kappa shape index (κ1) is 10.8. The molecule has 1 aromatic rings. The van der Waals surface area contributed by atoms with E-state index in [1.165, 1.54) is 12.4 Å². The lowest BCUT2D eigenvalue weighted by molar-refractivity contribution is 0.0489. The Bertz CT molecular complexity index is 383. The second-order valence-electron chi connectivity index (χ2n) is 3.69. The second-order valence-corrected chi connectivity index (χ2v) is 3.69. The average molecular weight is 219 g/mol. The molecule has 1 fully saturated rings. The van der Waals surface area contributed by atoms with Crippen LogP contribution in [0.1, 0.15) is 18.5 Å². The third-order valence-electron chi connectivity index (χ3n) is 2.57. The molecule has 0 spiro atoms. The van der Waals surface area contributed by atoms with Gasteiger partial charge in [-0.2, -0.15) is 5.26 Å². The molecule has 0 saturated carbocycles. The van der Waals surface area contributed by atoms with Crippen LogP contribution < -0.4 is 4.74 Å². The predicted molar refractivity (Wildman–Crippen MR) is 55.8 cm³/mol. The number of nitrogens with zero attached hydrogens (tertiary/aromatic N) is 3. The maximum atomic E-state index is 8.80. The van der Waals surface area contributed by atoms with Crippen LogP contribution in [0, 0.1) is 17.2 Å². The zero-order valence-corrected chi connectivity index (χ0v) is 8.93. The smallest absolute Gasteiger partial charge is 0.251 e.